The zero-order valence-corrected chi connectivity index (χ0v) is 9.69. The van der Waals surface area contributed by atoms with Crippen molar-refractivity contribution in [3.63, 3.8) is 0 Å². The quantitative estimate of drug-likeness (QED) is 0.614. The predicted molar refractivity (Wildman–Crippen MR) is 59.2 cm³/mol. The number of ether oxygens (including phenoxy) is 1. The monoisotopic (exact) mass is 258 g/mol. The largest absolute Gasteiger partial charge is 0.478 e. The summed E-state index contributed by atoms with van der Waals surface area (Å²) in [6.45, 7) is 0. The van der Waals surface area contributed by atoms with Gasteiger partial charge >= 0.3 is 11.9 Å². The number of hydrogen-bond acceptors (Lipinski definition) is 4. The molecule has 0 radical (unpaired) electrons. The molecule has 1 unspecified atom stereocenters. The van der Waals surface area contributed by atoms with Crippen LogP contribution in [-0.4, -0.2) is 32.9 Å². The Balaban J connectivity index is 3.23. The Morgan fingerprint density at radius 2 is 1.88 bits per heavy atom. The van der Waals surface area contributed by atoms with Gasteiger partial charge in [-0.1, -0.05) is 0 Å². The van der Waals surface area contributed by atoms with Gasteiger partial charge in [0.15, 0.2) is 11.1 Å². The Morgan fingerprint density at radius 3 is 2.35 bits per heavy atom. The van der Waals surface area contributed by atoms with Gasteiger partial charge in [0, 0.05) is 0 Å². The van der Waals surface area contributed by atoms with Gasteiger partial charge in [-0.25, -0.2) is 13.8 Å². The molecular weight excluding hydrogens is 248 g/mol. The number of aromatic carboxylic acids is 1. The van der Waals surface area contributed by atoms with Crippen LogP contribution < -0.4 is 0 Å². The molecule has 0 fully saturated rings. The van der Waals surface area contributed by atoms with E-state index in [-0.39, 0.29) is 22.4 Å². The van der Waals surface area contributed by atoms with Gasteiger partial charge < -0.3 is 14.4 Å². The second-order valence-corrected chi connectivity index (χ2v) is 4.11. The van der Waals surface area contributed by atoms with E-state index in [1.165, 1.54) is 19.2 Å². The fraction of sp³-hybridized carbons (Fsp3) is 0.200. The molecule has 0 amide bonds. The van der Waals surface area contributed by atoms with Crippen LogP contribution in [0.15, 0.2) is 18.2 Å². The van der Waals surface area contributed by atoms with Crippen molar-refractivity contribution >= 4 is 23.0 Å². The molecule has 2 N–H and O–H groups in total. The first kappa shape index (κ1) is 13.3. The standard InChI is InChI=1S/C10H10O6S/c1-16-10(13)8-3-6(5-17(14)15)2-7(4-8)9(11)12/h2-4H,5H2,1H3,(H,11,12)(H,14,15). The van der Waals surface area contributed by atoms with E-state index >= 15 is 0 Å². The van der Waals surface area contributed by atoms with Gasteiger partial charge in [0.2, 0.25) is 0 Å². The minimum Gasteiger partial charge on any atom is -0.478 e. The van der Waals surface area contributed by atoms with Gasteiger partial charge in [0.05, 0.1) is 24.0 Å². The van der Waals surface area contributed by atoms with Gasteiger partial charge in [0.1, 0.15) is 0 Å². The van der Waals surface area contributed by atoms with Gasteiger partial charge in [0.25, 0.3) is 0 Å². The van der Waals surface area contributed by atoms with Crippen molar-refractivity contribution in [2.45, 2.75) is 5.75 Å². The van der Waals surface area contributed by atoms with Crippen LogP contribution in [-0.2, 0) is 21.6 Å². The molecule has 0 aromatic heterocycles. The SMILES string of the molecule is COC(=O)c1cc(CS(=O)O)cc(C(=O)O)c1. The summed E-state index contributed by atoms with van der Waals surface area (Å²) >= 11 is -2.11. The lowest BCUT2D eigenvalue weighted by molar-refractivity contribution is 0.0600. The van der Waals surface area contributed by atoms with Crippen LogP contribution in [0.3, 0.4) is 0 Å². The first-order valence-corrected chi connectivity index (χ1v) is 5.74. The molecule has 1 atom stereocenters. The van der Waals surface area contributed by atoms with Crippen molar-refractivity contribution in [2.75, 3.05) is 7.11 Å². The highest BCUT2D eigenvalue weighted by Gasteiger charge is 2.13. The van der Waals surface area contributed by atoms with Gasteiger partial charge in [-0.3, -0.25) is 0 Å². The number of benzene rings is 1. The molecule has 7 heteroatoms. The molecule has 6 nitrogen and oxygen atoms in total. The first-order chi connectivity index (χ1) is 7.93. The van der Waals surface area contributed by atoms with Crippen LogP contribution in [0.4, 0.5) is 0 Å². The second kappa shape index (κ2) is 5.55. The van der Waals surface area contributed by atoms with Crippen LogP contribution in [0.2, 0.25) is 0 Å². The fourth-order valence-electron chi connectivity index (χ4n) is 1.28. The average Bonchev–Trinajstić information content (AvgIpc) is 2.26. The van der Waals surface area contributed by atoms with Crippen molar-refractivity contribution in [1.82, 2.24) is 0 Å². The Morgan fingerprint density at radius 1 is 1.29 bits per heavy atom. The van der Waals surface area contributed by atoms with Crippen LogP contribution in [0.1, 0.15) is 26.3 Å². The molecule has 1 rings (SSSR count). The number of carbonyl (C=O) groups is 2. The maximum atomic E-state index is 11.3. The normalized spacial score (nSPS) is 11.9. The Bertz CT molecular complexity index is 482. The summed E-state index contributed by atoms with van der Waals surface area (Å²) in [7, 11) is 1.17. The summed E-state index contributed by atoms with van der Waals surface area (Å²) in [5, 5.41) is 8.83. The van der Waals surface area contributed by atoms with Crippen molar-refractivity contribution in [2.24, 2.45) is 0 Å². The minimum absolute atomic E-state index is 0.0350. The Labute approximate surface area is 99.5 Å². The highest BCUT2D eigenvalue weighted by atomic mass is 32.2. The number of carboxylic acids is 1. The van der Waals surface area contributed by atoms with Crippen molar-refractivity contribution in [3.8, 4) is 0 Å². The molecule has 0 saturated heterocycles. The zero-order chi connectivity index (χ0) is 13.0. The number of carboxylic acid groups (broad SMARTS) is 1. The van der Waals surface area contributed by atoms with E-state index in [0.717, 1.165) is 6.07 Å². The molecule has 1 aromatic carbocycles. The second-order valence-electron chi connectivity index (χ2n) is 3.18. The van der Waals surface area contributed by atoms with Crippen molar-refractivity contribution < 1.29 is 28.2 Å². The van der Waals surface area contributed by atoms with E-state index in [1.807, 2.05) is 0 Å². The lowest BCUT2D eigenvalue weighted by Crippen LogP contribution is -2.07. The third-order valence-electron chi connectivity index (χ3n) is 1.95. The fourth-order valence-corrected chi connectivity index (χ4v) is 1.73. The Hall–Kier alpha value is -1.73. The zero-order valence-electron chi connectivity index (χ0n) is 8.87. The molecule has 0 heterocycles. The van der Waals surface area contributed by atoms with E-state index in [4.69, 9.17) is 9.66 Å². The molecule has 0 spiro atoms. The number of methoxy groups -OCH3 is 1. The predicted octanol–water partition coefficient (Wildman–Crippen LogP) is 0.893. The van der Waals surface area contributed by atoms with Gasteiger partial charge in [-0.15, -0.1) is 0 Å². The number of carbonyl (C=O) groups excluding carboxylic acids is 1. The highest BCUT2D eigenvalue weighted by molar-refractivity contribution is 7.78. The molecular formula is C10H10O6S. The maximum absolute atomic E-state index is 11.3. The average molecular weight is 258 g/mol. The van der Waals surface area contributed by atoms with Gasteiger partial charge in [-0.05, 0) is 23.8 Å². The minimum atomic E-state index is -2.11. The summed E-state index contributed by atoms with van der Waals surface area (Å²) in [5.74, 6) is -2.16. The van der Waals surface area contributed by atoms with Crippen molar-refractivity contribution in [1.29, 1.82) is 0 Å². The molecule has 17 heavy (non-hydrogen) atoms. The number of rotatable bonds is 4. The first-order valence-electron chi connectivity index (χ1n) is 4.47. The van der Waals surface area contributed by atoms with Crippen LogP contribution in [0, 0.1) is 0 Å². The third-order valence-corrected chi connectivity index (χ3v) is 2.53. The molecule has 0 aliphatic carbocycles. The lowest BCUT2D eigenvalue weighted by Gasteiger charge is -2.05. The van der Waals surface area contributed by atoms with E-state index in [2.05, 4.69) is 4.74 Å². The summed E-state index contributed by atoms with van der Waals surface area (Å²) < 4.78 is 23.8. The van der Waals surface area contributed by atoms with Gasteiger partial charge in [-0.2, -0.15) is 0 Å². The maximum Gasteiger partial charge on any atom is 0.337 e. The number of hydrogen-bond donors (Lipinski definition) is 2. The molecule has 0 aliphatic heterocycles. The molecule has 0 saturated carbocycles. The van der Waals surface area contributed by atoms with Crippen LogP contribution in [0.25, 0.3) is 0 Å². The number of esters is 1. The summed E-state index contributed by atoms with van der Waals surface area (Å²) in [6, 6.07) is 3.72. The summed E-state index contributed by atoms with van der Waals surface area (Å²) in [4.78, 5) is 22.1. The van der Waals surface area contributed by atoms with Crippen molar-refractivity contribution in [3.05, 3.63) is 34.9 Å². The third kappa shape index (κ3) is 3.65. The van der Waals surface area contributed by atoms with E-state index in [1.54, 1.807) is 0 Å². The van der Waals surface area contributed by atoms with Crippen LogP contribution in [0.5, 0.6) is 0 Å². The summed E-state index contributed by atoms with van der Waals surface area (Å²) in [5.41, 5.74) is 0.187. The molecule has 92 valence electrons. The van der Waals surface area contributed by atoms with Crippen LogP contribution >= 0.6 is 0 Å². The lowest BCUT2D eigenvalue weighted by atomic mass is 10.1. The van der Waals surface area contributed by atoms with E-state index in [9.17, 15) is 13.8 Å². The molecule has 0 aliphatic rings. The summed E-state index contributed by atoms with van der Waals surface area (Å²) in [6.07, 6.45) is 0. The molecule has 0 bridgehead atoms. The van der Waals surface area contributed by atoms with E-state index in [0.29, 0.717) is 0 Å². The molecule has 1 aromatic rings. The smallest absolute Gasteiger partial charge is 0.337 e. The Kier molecular flexibility index (Phi) is 4.36. The highest BCUT2D eigenvalue weighted by Crippen LogP contribution is 2.13. The topological polar surface area (TPSA) is 101 Å². The van der Waals surface area contributed by atoms with E-state index < -0.39 is 23.0 Å².